The van der Waals surface area contributed by atoms with Crippen LogP contribution in [0.25, 0.3) is 10.6 Å². The molecule has 1 aliphatic rings. The topological polar surface area (TPSA) is 105 Å². The monoisotopic (exact) mass is 405 g/mol. The molecule has 2 aromatic rings. The number of nitrogens with two attached hydrogens (primary N) is 1. The van der Waals surface area contributed by atoms with E-state index in [2.05, 4.69) is 20.3 Å². The minimum absolute atomic E-state index is 0.197. The van der Waals surface area contributed by atoms with E-state index in [4.69, 9.17) is 10.3 Å². The lowest BCUT2D eigenvalue weighted by Crippen LogP contribution is -2.48. The lowest BCUT2D eigenvalue weighted by molar-refractivity contribution is -0.119. The van der Waals surface area contributed by atoms with E-state index in [-0.39, 0.29) is 11.8 Å². The molecule has 0 radical (unpaired) electrons. The highest BCUT2D eigenvalue weighted by Crippen LogP contribution is 2.25. The molecule has 0 aliphatic carbocycles. The molecule has 0 atom stereocenters. The largest absolute Gasteiger partial charge is 0.369 e. The maximum absolute atomic E-state index is 12.1. The Labute approximate surface area is 168 Å². The van der Waals surface area contributed by atoms with Crippen molar-refractivity contribution in [2.45, 2.75) is 19.3 Å². The van der Waals surface area contributed by atoms with Gasteiger partial charge in [-0.1, -0.05) is 17.6 Å². The molecule has 0 unspecified atom stereocenters. The van der Waals surface area contributed by atoms with Crippen LogP contribution in [0.1, 0.15) is 29.8 Å². The van der Waals surface area contributed by atoms with Gasteiger partial charge in [0.05, 0.1) is 11.4 Å². The normalized spacial score (nSPS) is 15.6. The Hall–Kier alpha value is -2.23. The number of nitrogens with one attached hydrogen (secondary N) is 1. The molecule has 1 aliphatic heterocycles. The maximum atomic E-state index is 12.1. The van der Waals surface area contributed by atoms with Gasteiger partial charge in [0.15, 0.2) is 11.5 Å². The number of hydrogen-bond donors (Lipinski definition) is 2. The average Bonchev–Trinajstić information content (AvgIpc) is 3.36. The van der Waals surface area contributed by atoms with Crippen LogP contribution in [0.5, 0.6) is 0 Å². The Morgan fingerprint density at radius 2 is 1.96 bits per heavy atom. The number of carbonyl (C=O) groups is 2. The van der Waals surface area contributed by atoms with Crippen LogP contribution in [0.4, 0.5) is 0 Å². The van der Waals surface area contributed by atoms with Gasteiger partial charge in [-0.3, -0.25) is 14.5 Å². The molecule has 9 heteroatoms. The SMILES string of the molecule is NC(=O)CN1CCN(CCCCCNC(=O)c2cc(-c3cccs3)on2)CC1. The first-order valence-corrected chi connectivity index (χ1v) is 10.5. The molecule has 1 fully saturated rings. The number of aromatic nitrogens is 1. The summed E-state index contributed by atoms with van der Waals surface area (Å²) < 4.78 is 5.24. The quantitative estimate of drug-likeness (QED) is 0.579. The third-order valence-corrected chi connectivity index (χ3v) is 5.67. The lowest BCUT2D eigenvalue weighted by atomic mass is 10.2. The summed E-state index contributed by atoms with van der Waals surface area (Å²) in [6, 6.07) is 5.55. The molecular formula is C19H27N5O3S. The standard InChI is InChI=1S/C19H27N5O3S/c20-18(25)14-24-10-8-23(9-11-24)7-3-1-2-6-21-19(26)15-13-16(27-22-15)17-5-4-12-28-17/h4-5,12-13H,1-3,6-11,14H2,(H2,20,25)(H,21,26). The molecule has 2 amide bonds. The molecule has 152 valence electrons. The van der Waals surface area contributed by atoms with Crippen molar-refractivity contribution < 1.29 is 14.1 Å². The van der Waals surface area contributed by atoms with E-state index in [9.17, 15) is 9.59 Å². The van der Waals surface area contributed by atoms with Crippen LogP contribution in [-0.4, -0.2) is 72.6 Å². The van der Waals surface area contributed by atoms with Gasteiger partial charge >= 0.3 is 0 Å². The summed E-state index contributed by atoms with van der Waals surface area (Å²) in [6.07, 6.45) is 3.09. The number of unbranched alkanes of at least 4 members (excludes halogenated alkanes) is 2. The van der Waals surface area contributed by atoms with E-state index in [0.29, 0.717) is 24.5 Å². The fourth-order valence-electron chi connectivity index (χ4n) is 3.24. The first kappa shape index (κ1) is 20.5. The Morgan fingerprint density at radius 3 is 2.68 bits per heavy atom. The Kier molecular flexibility index (Phi) is 7.58. The average molecular weight is 406 g/mol. The van der Waals surface area contributed by atoms with Gasteiger partial charge < -0.3 is 20.5 Å². The minimum atomic E-state index is -0.260. The van der Waals surface area contributed by atoms with E-state index in [1.807, 2.05) is 17.5 Å². The zero-order valence-corrected chi connectivity index (χ0v) is 16.7. The van der Waals surface area contributed by atoms with E-state index in [0.717, 1.165) is 56.9 Å². The molecule has 8 nitrogen and oxygen atoms in total. The smallest absolute Gasteiger partial charge is 0.273 e. The first-order chi connectivity index (χ1) is 13.6. The van der Waals surface area contributed by atoms with Crippen LogP contribution in [0, 0.1) is 0 Å². The number of thiophene rings is 1. The third kappa shape index (κ3) is 6.15. The van der Waals surface area contributed by atoms with Crippen molar-refractivity contribution in [2.75, 3.05) is 45.8 Å². The second-order valence-electron chi connectivity index (χ2n) is 6.95. The summed E-state index contributed by atoms with van der Waals surface area (Å²) in [6.45, 7) is 5.77. The molecule has 28 heavy (non-hydrogen) atoms. The third-order valence-electron chi connectivity index (χ3n) is 4.79. The maximum Gasteiger partial charge on any atom is 0.273 e. The van der Waals surface area contributed by atoms with E-state index >= 15 is 0 Å². The van der Waals surface area contributed by atoms with Crippen LogP contribution >= 0.6 is 11.3 Å². The number of piperazine rings is 1. The van der Waals surface area contributed by atoms with Crippen molar-refractivity contribution in [1.82, 2.24) is 20.3 Å². The fraction of sp³-hybridized carbons (Fsp3) is 0.526. The molecule has 3 rings (SSSR count). The van der Waals surface area contributed by atoms with Crippen molar-refractivity contribution in [2.24, 2.45) is 5.73 Å². The van der Waals surface area contributed by atoms with Crippen molar-refractivity contribution in [3.05, 3.63) is 29.3 Å². The molecule has 3 N–H and O–H groups in total. The second-order valence-corrected chi connectivity index (χ2v) is 7.90. The highest BCUT2D eigenvalue weighted by atomic mass is 32.1. The van der Waals surface area contributed by atoms with Gasteiger partial charge in [0.2, 0.25) is 5.91 Å². The summed E-state index contributed by atoms with van der Waals surface area (Å²) in [7, 11) is 0. The van der Waals surface area contributed by atoms with Gasteiger partial charge in [0, 0.05) is 38.8 Å². The molecule has 0 bridgehead atoms. The zero-order valence-electron chi connectivity index (χ0n) is 15.9. The summed E-state index contributed by atoms with van der Waals surface area (Å²) in [4.78, 5) is 28.6. The predicted molar refractivity (Wildman–Crippen MR) is 108 cm³/mol. The van der Waals surface area contributed by atoms with Gasteiger partial charge in [-0.05, 0) is 30.8 Å². The predicted octanol–water partition coefficient (Wildman–Crippen LogP) is 1.41. The fourth-order valence-corrected chi connectivity index (χ4v) is 3.91. The minimum Gasteiger partial charge on any atom is -0.369 e. The number of amides is 2. The lowest BCUT2D eigenvalue weighted by Gasteiger charge is -2.33. The van der Waals surface area contributed by atoms with Crippen LogP contribution < -0.4 is 11.1 Å². The summed E-state index contributed by atoms with van der Waals surface area (Å²) in [5.41, 5.74) is 5.55. The van der Waals surface area contributed by atoms with Gasteiger partial charge in [-0.15, -0.1) is 11.3 Å². The van der Waals surface area contributed by atoms with Crippen LogP contribution in [0.15, 0.2) is 28.1 Å². The van der Waals surface area contributed by atoms with Crippen molar-refractivity contribution in [3.63, 3.8) is 0 Å². The molecular weight excluding hydrogens is 378 g/mol. The molecule has 2 aromatic heterocycles. The van der Waals surface area contributed by atoms with Crippen molar-refractivity contribution in [1.29, 1.82) is 0 Å². The van der Waals surface area contributed by atoms with Crippen LogP contribution in [-0.2, 0) is 4.79 Å². The summed E-state index contributed by atoms with van der Waals surface area (Å²) in [5.74, 6) is 0.164. The molecule has 0 saturated carbocycles. The number of nitrogens with zero attached hydrogens (tertiary/aromatic N) is 3. The highest BCUT2D eigenvalue weighted by molar-refractivity contribution is 7.13. The highest BCUT2D eigenvalue weighted by Gasteiger charge is 2.17. The van der Waals surface area contributed by atoms with Gasteiger partial charge in [-0.25, -0.2) is 0 Å². The van der Waals surface area contributed by atoms with Gasteiger partial charge in [0.25, 0.3) is 5.91 Å². The number of hydrogen-bond acceptors (Lipinski definition) is 7. The first-order valence-electron chi connectivity index (χ1n) is 9.63. The van der Waals surface area contributed by atoms with E-state index in [1.54, 1.807) is 17.4 Å². The number of carbonyl (C=O) groups excluding carboxylic acids is 2. The Bertz CT molecular complexity index is 753. The Balaban J connectivity index is 1.25. The molecule has 3 heterocycles. The van der Waals surface area contributed by atoms with Crippen LogP contribution in [0.2, 0.25) is 0 Å². The van der Waals surface area contributed by atoms with E-state index < -0.39 is 0 Å². The zero-order chi connectivity index (χ0) is 19.8. The summed E-state index contributed by atoms with van der Waals surface area (Å²) in [5, 5.41) is 8.71. The Morgan fingerprint density at radius 1 is 1.18 bits per heavy atom. The van der Waals surface area contributed by atoms with Gasteiger partial charge in [0.1, 0.15) is 0 Å². The van der Waals surface area contributed by atoms with Crippen LogP contribution in [0.3, 0.4) is 0 Å². The summed E-state index contributed by atoms with van der Waals surface area (Å²) >= 11 is 1.55. The van der Waals surface area contributed by atoms with E-state index in [1.165, 1.54) is 0 Å². The number of rotatable bonds is 10. The van der Waals surface area contributed by atoms with Crippen molar-refractivity contribution in [3.8, 4) is 10.6 Å². The van der Waals surface area contributed by atoms with Crippen molar-refractivity contribution >= 4 is 23.2 Å². The molecule has 0 spiro atoms. The van der Waals surface area contributed by atoms with Gasteiger partial charge in [-0.2, -0.15) is 0 Å². The number of primary amides is 1. The molecule has 0 aromatic carbocycles. The second kappa shape index (κ2) is 10.4. The molecule has 1 saturated heterocycles.